The zero-order valence-electron chi connectivity index (χ0n) is 24.5. The molecule has 0 amide bonds. The molecule has 6 rings (SSSR count). The van der Waals surface area contributed by atoms with Gasteiger partial charge in [-0.2, -0.15) is 4.73 Å². The molecule has 1 aliphatic heterocycles. The molecule has 3 heterocycles. The van der Waals surface area contributed by atoms with Crippen molar-refractivity contribution in [1.29, 1.82) is 0 Å². The van der Waals surface area contributed by atoms with Gasteiger partial charge in [0.15, 0.2) is 5.65 Å². The minimum atomic E-state index is -1.05. The van der Waals surface area contributed by atoms with Gasteiger partial charge in [0, 0.05) is 56.1 Å². The molecule has 2 aromatic carbocycles. The topological polar surface area (TPSA) is 91.1 Å². The highest BCUT2D eigenvalue weighted by Gasteiger charge is 2.29. The third kappa shape index (κ3) is 5.85. The fourth-order valence-electron chi connectivity index (χ4n) is 6.14. The van der Waals surface area contributed by atoms with Crippen LogP contribution in [0.3, 0.4) is 0 Å². The smallest absolute Gasteiger partial charge is 0.339 e. The van der Waals surface area contributed by atoms with Gasteiger partial charge in [-0.3, -0.25) is 4.90 Å². The monoisotopic (exact) mass is 566 g/mol. The van der Waals surface area contributed by atoms with Crippen LogP contribution in [0.25, 0.3) is 16.6 Å². The Bertz CT molecular complexity index is 1650. The number of piperazine rings is 1. The van der Waals surface area contributed by atoms with Crippen LogP contribution in [-0.2, 0) is 0 Å². The second-order valence-electron chi connectivity index (χ2n) is 12.4. The molecule has 2 aromatic heterocycles. The Morgan fingerprint density at radius 1 is 1.02 bits per heavy atom. The van der Waals surface area contributed by atoms with E-state index < -0.39 is 5.97 Å². The van der Waals surface area contributed by atoms with Crippen molar-refractivity contribution >= 4 is 28.3 Å². The maximum Gasteiger partial charge on any atom is 0.339 e. The number of pyridine rings is 1. The number of aryl methyl sites for hydroxylation is 1. The molecule has 2 N–H and O–H groups in total. The molecule has 1 aliphatic carbocycles. The van der Waals surface area contributed by atoms with E-state index in [2.05, 4.69) is 59.8 Å². The number of benzene rings is 2. The molecule has 4 aromatic rings. The lowest BCUT2D eigenvalue weighted by molar-refractivity contribution is 0.0694. The van der Waals surface area contributed by atoms with E-state index in [1.807, 2.05) is 12.1 Å². The number of aromatic nitrogens is 2. The number of aromatic carboxylic acids is 1. The van der Waals surface area contributed by atoms with E-state index in [9.17, 15) is 15.1 Å². The van der Waals surface area contributed by atoms with Gasteiger partial charge in [-0.1, -0.05) is 49.2 Å². The number of nitrogens with zero attached hydrogens (tertiary/aromatic N) is 4. The average Bonchev–Trinajstić information content (AvgIpc) is 3.34. The van der Waals surface area contributed by atoms with Gasteiger partial charge in [0.1, 0.15) is 17.1 Å². The van der Waals surface area contributed by atoms with Gasteiger partial charge in [0.25, 0.3) is 0 Å². The van der Waals surface area contributed by atoms with Crippen LogP contribution in [0, 0.1) is 12.3 Å². The van der Waals surface area contributed by atoms with Crippen LogP contribution in [0.5, 0.6) is 11.5 Å². The maximum atomic E-state index is 12.0. The summed E-state index contributed by atoms with van der Waals surface area (Å²) in [6, 6.07) is 17.7. The van der Waals surface area contributed by atoms with Gasteiger partial charge in [-0.25, -0.2) is 9.78 Å². The Hall–Kier alpha value is -4.30. The summed E-state index contributed by atoms with van der Waals surface area (Å²) in [6.07, 6.45) is 6.44. The number of rotatable bonds is 7. The number of carbonyl (C=O) groups is 1. The van der Waals surface area contributed by atoms with E-state index in [0.29, 0.717) is 22.2 Å². The highest BCUT2D eigenvalue weighted by atomic mass is 16.5. The molecule has 8 nitrogen and oxygen atoms in total. The summed E-state index contributed by atoms with van der Waals surface area (Å²) >= 11 is 0. The highest BCUT2D eigenvalue weighted by molar-refractivity contribution is 5.92. The molecule has 0 spiro atoms. The van der Waals surface area contributed by atoms with E-state index in [0.717, 1.165) is 56.0 Å². The van der Waals surface area contributed by atoms with E-state index >= 15 is 0 Å². The fraction of sp³-hybridized carbons (Fsp3) is 0.353. The lowest BCUT2D eigenvalue weighted by Gasteiger charge is -2.39. The molecular formula is C34H38N4O4. The summed E-state index contributed by atoms with van der Waals surface area (Å²) in [4.78, 5) is 21.1. The lowest BCUT2D eigenvalue weighted by Crippen LogP contribution is -2.47. The van der Waals surface area contributed by atoms with Crippen LogP contribution in [0.4, 0.5) is 5.69 Å². The summed E-state index contributed by atoms with van der Waals surface area (Å²) < 4.78 is 6.98. The first-order chi connectivity index (χ1) is 20.1. The number of hydrogen-bond donors (Lipinski definition) is 2. The Labute approximate surface area is 246 Å². The number of carboxylic acid groups (broad SMARTS) is 1. The minimum absolute atomic E-state index is 0.0907. The first-order valence-corrected chi connectivity index (χ1v) is 14.6. The van der Waals surface area contributed by atoms with Crippen molar-refractivity contribution in [2.75, 3.05) is 37.6 Å². The molecule has 0 atom stereocenters. The van der Waals surface area contributed by atoms with Gasteiger partial charge in [0.2, 0.25) is 0 Å². The van der Waals surface area contributed by atoms with Crippen molar-refractivity contribution in [1.82, 2.24) is 14.6 Å². The Morgan fingerprint density at radius 3 is 2.52 bits per heavy atom. The van der Waals surface area contributed by atoms with Gasteiger partial charge in [-0.05, 0) is 67.0 Å². The van der Waals surface area contributed by atoms with Crippen molar-refractivity contribution in [2.24, 2.45) is 5.41 Å². The highest BCUT2D eigenvalue weighted by Crippen LogP contribution is 2.43. The third-order valence-electron chi connectivity index (χ3n) is 8.64. The van der Waals surface area contributed by atoms with Crippen molar-refractivity contribution in [3.63, 3.8) is 0 Å². The molecule has 218 valence electrons. The van der Waals surface area contributed by atoms with Crippen LogP contribution in [0.15, 0.2) is 72.6 Å². The number of anilines is 1. The molecular weight excluding hydrogens is 528 g/mol. The van der Waals surface area contributed by atoms with E-state index in [1.165, 1.54) is 35.5 Å². The molecule has 0 unspecified atom stereocenters. The number of carboxylic acids is 1. The SMILES string of the molecule is Cc1ccc(C2=C(CN3CCN(c4ccc(C(=O)O)c(Oc5cnc6c(ccn6O)c5)c4)CC3)CCC(C)(C)C2)cc1. The molecule has 8 heteroatoms. The van der Waals surface area contributed by atoms with Crippen LogP contribution in [0.2, 0.25) is 0 Å². The predicted molar refractivity (Wildman–Crippen MR) is 165 cm³/mol. The largest absolute Gasteiger partial charge is 0.478 e. The quantitative estimate of drug-likeness (QED) is 0.236. The summed E-state index contributed by atoms with van der Waals surface area (Å²) in [6.45, 7) is 11.5. The summed E-state index contributed by atoms with van der Waals surface area (Å²) in [7, 11) is 0. The fourth-order valence-corrected chi connectivity index (χ4v) is 6.14. The van der Waals surface area contributed by atoms with Gasteiger partial charge in [-0.15, -0.1) is 0 Å². The molecule has 0 bridgehead atoms. The van der Waals surface area contributed by atoms with E-state index in [-0.39, 0.29) is 11.3 Å². The zero-order chi connectivity index (χ0) is 29.4. The van der Waals surface area contributed by atoms with Gasteiger partial charge < -0.3 is 20.0 Å². The normalized spacial score (nSPS) is 17.5. The van der Waals surface area contributed by atoms with E-state index in [4.69, 9.17) is 4.74 Å². The first kappa shape index (κ1) is 27.8. The summed E-state index contributed by atoms with van der Waals surface area (Å²) in [5, 5.41) is 20.3. The summed E-state index contributed by atoms with van der Waals surface area (Å²) in [5.74, 6) is -0.374. The standard InChI is InChI=1S/C34H38N4O4/c1-23-4-6-24(7-5-23)30-20-34(2,3)12-10-26(30)22-36-14-16-37(17-15-36)27-8-9-29(33(39)40)31(19-27)42-28-18-25-11-13-38(41)32(25)35-21-28/h4-9,11,13,18-19,21,41H,10,12,14-17,20,22H2,1-3H3,(H,39,40). The molecule has 1 fully saturated rings. The number of ether oxygens (including phenoxy) is 1. The van der Waals surface area contributed by atoms with Crippen molar-refractivity contribution in [2.45, 2.75) is 40.0 Å². The van der Waals surface area contributed by atoms with Crippen molar-refractivity contribution in [3.8, 4) is 11.5 Å². The molecule has 0 radical (unpaired) electrons. The lowest BCUT2D eigenvalue weighted by atomic mass is 9.72. The van der Waals surface area contributed by atoms with Gasteiger partial charge >= 0.3 is 5.97 Å². The Kier molecular flexibility index (Phi) is 7.41. The molecule has 2 aliphatic rings. The van der Waals surface area contributed by atoms with Crippen molar-refractivity contribution in [3.05, 3.63) is 89.3 Å². The van der Waals surface area contributed by atoms with Crippen LogP contribution in [0.1, 0.15) is 54.6 Å². The van der Waals surface area contributed by atoms with Gasteiger partial charge in [0.05, 0.1) is 6.20 Å². The Morgan fingerprint density at radius 2 is 1.79 bits per heavy atom. The van der Waals surface area contributed by atoms with Crippen LogP contribution >= 0.6 is 0 Å². The predicted octanol–water partition coefficient (Wildman–Crippen LogP) is 6.86. The third-order valence-corrected chi connectivity index (χ3v) is 8.64. The maximum absolute atomic E-state index is 12.0. The second-order valence-corrected chi connectivity index (χ2v) is 12.4. The number of hydrogen-bond acceptors (Lipinski definition) is 6. The Balaban J connectivity index is 1.17. The first-order valence-electron chi connectivity index (χ1n) is 14.6. The van der Waals surface area contributed by atoms with Crippen LogP contribution < -0.4 is 9.64 Å². The average molecular weight is 567 g/mol. The number of fused-ring (bicyclic) bond motifs is 1. The molecule has 0 saturated carbocycles. The van der Waals surface area contributed by atoms with E-state index in [1.54, 1.807) is 23.8 Å². The second kappa shape index (κ2) is 11.2. The molecule has 1 saturated heterocycles. The van der Waals surface area contributed by atoms with Crippen LogP contribution in [-0.4, -0.2) is 63.6 Å². The summed E-state index contributed by atoms with van der Waals surface area (Å²) in [5.41, 5.74) is 7.48. The number of allylic oxidation sites excluding steroid dienone is 1. The minimum Gasteiger partial charge on any atom is -0.478 e. The van der Waals surface area contributed by atoms with Crippen molar-refractivity contribution < 1.29 is 19.8 Å². The molecule has 42 heavy (non-hydrogen) atoms. The zero-order valence-corrected chi connectivity index (χ0v) is 24.5.